The molecule has 0 spiro atoms. The minimum atomic E-state index is -0.474. The monoisotopic (exact) mass is 480 g/mol. The van der Waals surface area contributed by atoms with E-state index >= 15 is 0 Å². The Balaban J connectivity index is 1.68. The highest BCUT2D eigenvalue weighted by atomic mass is 35.5. The molecule has 0 bridgehead atoms. The third-order valence-electron chi connectivity index (χ3n) is 5.76. The molecule has 4 aromatic rings. The van der Waals surface area contributed by atoms with Crippen molar-refractivity contribution in [1.29, 1.82) is 0 Å². The standard InChI is InChI=1S/C24H15Cl3N4O/c25-13-9-10-19-16(11-13)21-20(23(32-19)15-6-2-4-8-18(15)27)22(14-5-1-3-7-17(14)26)31-24(30-21)28-12-29-31/h1-12,22-23H,(H,28,29,30)/t22-,23+/m1/s1. The average Bonchev–Trinajstić information content (AvgIpc) is 3.27. The fraction of sp³-hybridized carbons (Fsp3) is 0.0833. The van der Waals surface area contributed by atoms with E-state index in [0.717, 1.165) is 28.0 Å². The minimum Gasteiger partial charge on any atom is -0.480 e. The summed E-state index contributed by atoms with van der Waals surface area (Å²) in [7, 11) is 0. The molecule has 0 unspecified atom stereocenters. The number of ether oxygens (including phenoxy) is 1. The number of anilines is 1. The number of rotatable bonds is 2. The first-order valence-corrected chi connectivity index (χ1v) is 11.1. The maximum Gasteiger partial charge on any atom is 0.226 e. The summed E-state index contributed by atoms with van der Waals surface area (Å²) in [5.41, 5.74) is 4.39. The van der Waals surface area contributed by atoms with E-state index in [0.29, 0.717) is 26.8 Å². The second kappa shape index (κ2) is 7.55. The zero-order chi connectivity index (χ0) is 21.8. The van der Waals surface area contributed by atoms with Crippen LogP contribution in [-0.4, -0.2) is 14.8 Å². The molecule has 1 N–H and O–H groups in total. The first-order valence-electron chi connectivity index (χ1n) is 9.98. The molecule has 6 rings (SSSR count). The number of hydrogen-bond acceptors (Lipinski definition) is 4. The molecule has 158 valence electrons. The molecule has 2 aliphatic heterocycles. The average molecular weight is 482 g/mol. The van der Waals surface area contributed by atoms with Crippen LogP contribution in [0.2, 0.25) is 15.1 Å². The number of aromatic nitrogens is 3. The lowest BCUT2D eigenvalue weighted by atomic mass is 9.84. The van der Waals surface area contributed by atoms with Gasteiger partial charge in [-0.15, -0.1) is 0 Å². The summed E-state index contributed by atoms with van der Waals surface area (Å²) in [4.78, 5) is 4.43. The van der Waals surface area contributed by atoms with Gasteiger partial charge in [-0.2, -0.15) is 10.1 Å². The molecule has 8 heteroatoms. The van der Waals surface area contributed by atoms with Gasteiger partial charge in [0.25, 0.3) is 0 Å². The van der Waals surface area contributed by atoms with E-state index in [-0.39, 0.29) is 6.04 Å². The van der Waals surface area contributed by atoms with Crippen LogP contribution in [0.25, 0.3) is 5.70 Å². The zero-order valence-electron chi connectivity index (χ0n) is 16.5. The van der Waals surface area contributed by atoms with Gasteiger partial charge in [0.15, 0.2) is 6.10 Å². The normalized spacial score (nSPS) is 18.8. The molecule has 1 aromatic heterocycles. The lowest BCUT2D eigenvalue weighted by Crippen LogP contribution is -2.32. The highest BCUT2D eigenvalue weighted by Crippen LogP contribution is 2.52. The summed E-state index contributed by atoms with van der Waals surface area (Å²) in [5, 5.41) is 9.80. The molecular weight excluding hydrogens is 467 g/mol. The number of hydrogen-bond donors (Lipinski definition) is 1. The van der Waals surface area contributed by atoms with Crippen molar-refractivity contribution < 1.29 is 4.74 Å². The Morgan fingerprint density at radius 2 is 1.59 bits per heavy atom. The summed E-state index contributed by atoms with van der Waals surface area (Å²) < 4.78 is 8.38. The highest BCUT2D eigenvalue weighted by Gasteiger charge is 2.42. The van der Waals surface area contributed by atoms with Crippen LogP contribution >= 0.6 is 34.8 Å². The largest absolute Gasteiger partial charge is 0.480 e. The Kier molecular flexibility index (Phi) is 4.65. The van der Waals surface area contributed by atoms with Crippen molar-refractivity contribution in [1.82, 2.24) is 14.8 Å². The van der Waals surface area contributed by atoms with Gasteiger partial charge in [0.2, 0.25) is 5.95 Å². The SMILES string of the molecule is Clc1ccc2c(c1)C1=C([C@H](c3ccccc3Cl)O2)[C@@H](c2ccccc2Cl)n2ncnc2N1. The van der Waals surface area contributed by atoms with Crippen molar-refractivity contribution in [2.45, 2.75) is 12.1 Å². The van der Waals surface area contributed by atoms with Crippen molar-refractivity contribution in [3.8, 4) is 5.75 Å². The molecule has 2 atom stereocenters. The van der Waals surface area contributed by atoms with Gasteiger partial charge >= 0.3 is 0 Å². The van der Waals surface area contributed by atoms with Crippen molar-refractivity contribution in [3.05, 3.63) is 110 Å². The van der Waals surface area contributed by atoms with Crippen LogP contribution in [0.3, 0.4) is 0 Å². The van der Waals surface area contributed by atoms with E-state index in [9.17, 15) is 0 Å². The van der Waals surface area contributed by atoms with Gasteiger partial charge in [-0.25, -0.2) is 4.68 Å². The second-order valence-corrected chi connectivity index (χ2v) is 8.82. The highest BCUT2D eigenvalue weighted by molar-refractivity contribution is 6.32. The molecule has 0 saturated carbocycles. The lowest BCUT2D eigenvalue weighted by Gasteiger charge is -2.39. The Bertz CT molecular complexity index is 1400. The summed E-state index contributed by atoms with van der Waals surface area (Å²) in [5.74, 6) is 1.32. The molecule has 3 aromatic carbocycles. The summed E-state index contributed by atoms with van der Waals surface area (Å²) in [6.07, 6.45) is 1.05. The molecule has 0 saturated heterocycles. The number of fused-ring (bicyclic) bond motifs is 3. The van der Waals surface area contributed by atoms with Crippen molar-refractivity contribution in [3.63, 3.8) is 0 Å². The van der Waals surface area contributed by atoms with Crippen LogP contribution in [0.15, 0.2) is 78.6 Å². The van der Waals surface area contributed by atoms with E-state index < -0.39 is 6.10 Å². The van der Waals surface area contributed by atoms with Crippen molar-refractivity contribution in [2.75, 3.05) is 5.32 Å². The van der Waals surface area contributed by atoms with E-state index in [4.69, 9.17) is 39.5 Å². The van der Waals surface area contributed by atoms with E-state index in [1.54, 1.807) is 0 Å². The smallest absolute Gasteiger partial charge is 0.226 e. The predicted molar refractivity (Wildman–Crippen MR) is 126 cm³/mol. The number of nitrogens with zero attached hydrogens (tertiary/aromatic N) is 3. The van der Waals surface area contributed by atoms with Gasteiger partial charge in [-0.3, -0.25) is 0 Å². The Hall–Kier alpha value is -2.99. The van der Waals surface area contributed by atoms with E-state index in [2.05, 4.69) is 15.4 Å². The number of benzene rings is 3. The van der Waals surface area contributed by atoms with Crippen LogP contribution in [0.4, 0.5) is 5.95 Å². The molecule has 2 aliphatic rings. The van der Waals surface area contributed by atoms with Crippen molar-refractivity contribution >= 4 is 46.4 Å². The molecule has 32 heavy (non-hydrogen) atoms. The van der Waals surface area contributed by atoms with Crippen LogP contribution in [-0.2, 0) is 0 Å². The zero-order valence-corrected chi connectivity index (χ0v) is 18.7. The fourth-order valence-corrected chi connectivity index (χ4v) is 5.03. The molecule has 5 nitrogen and oxygen atoms in total. The first-order chi connectivity index (χ1) is 15.6. The van der Waals surface area contributed by atoms with E-state index in [1.807, 2.05) is 71.4 Å². The van der Waals surface area contributed by atoms with Gasteiger partial charge in [0.05, 0.1) is 5.70 Å². The molecule has 0 radical (unpaired) electrons. The Labute approximate surface area is 199 Å². The van der Waals surface area contributed by atoms with Crippen molar-refractivity contribution in [2.24, 2.45) is 0 Å². The Morgan fingerprint density at radius 1 is 0.875 bits per heavy atom. The maximum atomic E-state index is 6.68. The minimum absolute atomic E-state index is 0.356. The maximum absolute atomic E-state index is 6.68. The van der Waals surface area contributed by atoms with E-state index in [1.165, 1.54) is 6.33 Å². The number of nitrogens with one attached hydrogen (secondary N) is 1. The second-order valence-electron chi connectivity index (χ2n) is 7.57. The first kappa shape index (κ1) is 19.7. The van der Waals surface area contributed by atoms with Crippen LogP contribution in [0, 0.1) is 0 Å². The van der Waals surface area contributed by atoms with Gasteiger partial charge < -0.3 is 10.1 Å². The van der Waals surface area contributed by atoms with Gasteiger partial charge in [-0.05, 0) is 35.9 Å². The van der Waals surface area contributed by atoms with Gasteiger partial charge in [-0.1, -0.05) is 71.2 Å². The summed E-state index contributed by atoms with van der Waals surface area (Å²) >= 11 is 19.7. The van der Waals surface area contributed by atoms with Crippen LogP contribution < -0.4 is 10.1 Å². The van der Waals surface area contributed by atoms with Crippen LogP contribution in [0.1, 0.15) is 28.8 Å². The molecule has 0 aliphatic carbocycles. The topological polar surface area (TPSA) is 52.0 Å². The Morgan fingerprint density at radius 3 is 2.34 bits per heavy atom. The molecule has 0 amide bonds. The van der Waals surface area contributed by atoms with Gasteiger partial charge in [0, 0.05) is 31.8 Å². The predicted octanol–water partition coefficient (Wildman–Crippen LogP) is 6.80. The third-order valence-corrected chi connectivity index (χ3v) is 6.69. The molecule has 0 fully saturated rings. The fourth-order valence-electron chi connectivity index (χ4n) is 4.38. The molecule has 3 heterocycles. The molecular formula is C24H15Cl3N4O. The van der Waals surface area contributed by atoms with Crippen LogP contribution in [0.5, 0.6) is 5.75 Å². The summed E-state index contributed by atoms with van der Waals surface area (Å²) in [6, 6.07) is 20.6. The summed E-state index contributed by atoms with van der Waals surface area (Å²) in [6.45, 7) is 0. The number of halogens is 3. The van der Waals surface area contributed by atoms with Gasteiger partial charge in [0.1, 0.15) is 18.1 Å². The lowest BCUT2D eigenvalue weighted by molar-refractivity contribution is 0.223. The third kappa shape index (κ3) is 3.00. The quantitative estimate of drug-likeness (QED) is 0.342.